The lowest BCUT2D eigenvalue weighted by atomic mass is 10.1. The molecule has 8 nitrogen and oxygen atoms in total. The molecule has 3 heterocycles. The molecule has 1 aliphatic heterocycles. The molecule has 9 heteroatoms. The zero-order valence-electron chi connectivity index (χ0n) is 18.3. The molecule has 1 aliphatic carbocycles. The van der Waals surface area contributed by atoms with E-state index in [1.807, 2.05) is 6.92 Å². The molecule has 0 spiro atoms. The first-order chi connectivity index (χ1) is 15.9. The predicted molar refractivity (Wildman–Crippen MR) is 124 cm³/mol. The number of carbonyl (C=O) groups excluding carboxylic acids is 3. The van der Waals surface area contributed by atoms with Crippen LogP contribution in [0.25, 0.3) is 10.2 Å². The Bertz CT molecular complexity index is 1300. The quantitative estimate of drug-likeness (QED) is 0.349. The van der Waals surface area contributed by atoms with Crippen LogP contribution in [0.5, 0.6) is 0 Å². The van der Waals surface area contributed by atoms with Gasteiger partial charge in [0.15, 0.2) is 12.4 Å². The van der Waals surface area contributed by atoms with Gasteiger partial charge in [-0.3, -0.25) is 19.3 Å². The second kappa shape index (κ2) is 8.55. The van der Waals surface area contributed by atoms with Gasteiger partial charge in [-0.25, -0.2) is 9.97 Å². The summed E-state index contributed by atoms with van der Waals surface area (Å²) >= 11 is 1.64. The maximum absolute atomic E-state index is 12.5. The number of aryl methyl sites for hydroxylation is 3. The number of anilines is 1. The first kappa shape index (κ1) is 21.5. The number of nitrogens with zero attached hydrogens (tertiary/aromatic N) is 3. The van der Waals surface area contributed by atoms with E-state index in [0.717, 1.165) is 39.9 Å². The van der Waals surface area contributed by atoms with E-state index in [0.29, 0.717) is 22.8 Å². The summed E-state index contributed by atoms with van der Waals surface area (Å²) in [5.41, 5.74) is 9.15. The molecule has 0 saturated heterocycles. The third-order valence-electron chi connectivity index (χ3n) is 6.17. The number of hydrogen-bond acceptors (Lipinski definition) is 8. The molecule has 1 aromatic carbocycles. The van der Waals surface area contributed by atoms with Crippen molar-refractivity contribution in [2.24, 2.45) is 0 Å². The van der Waals surface area contributed by atoms with Crippen LogP contribution in [0.15, 0.2) is 18.2 Å². The van der Waals surface area contributed by atoms with Gasteiger partial charge in [0.25, 0.3) is 11.8 Å². The fraction of sp³-hybridized carbons (Fsp3) is 0.375. The minimum absolute atomic E-state index is 0.0378. The van der Waals surface area contributed by atoms with Gasteiger partial charge in [0.05, 0.1) is 22.9 Å². The van der Waals surface area contributed by atoms with Crippen molar-refractivity contribution in [2.45, 2.75) is 52.1 Å². The molecular formula is C24H24N4O4S. The zero-order valence-corrected chi connectivity index (χ0v) is 19.2. The number of imide groups is 1. The standard InChI is InChI=1S/C24H24N4O4S/c1-13-7-8-14-16(11-13)24(31)28(23(14)30)10-9-19(29)32-12-18-26-21(25)20-15-5-3-2-4-6-17(15)33-22(20)27-18/h7-8,11H,2-6,9-10,12H2,1H3,(H2,25,26,27). The number of esters is 1. The van der Waals surface area contributed by atoms with Crippen molar-refractivity contribution in [3.05, 3.63) is 51.2 Å². The summed E-state index contributed by atoms with van der Waals surface area (Å²) < 4.78 is 5.32. The van der Waals surface area contributed by atoms with E-state index < -0.39 is 5.97 Å². The first-order valence-corrected chi connectivity index (χ1v) is 11.9. The van der Waals surface area contributed by atoms with Crippen molar-refractivity contribution in [1.29, 1.82) is 0 Å². The first-order valence-electron chi connectivity index (χ1n) is 11.1. The summed E-state index contributed by atoms with van der Waals surface area (Å²) in [5.74, 6) is -0.535. The zero-order chi connectivity index (χ0) is 23.1. The Kier molecular flexibility index (Phi) is 5.57. The minimum Gasteiger partial charge on any atom is -0.457 e. The molecule has 2 amide bonds. The number of rotatable bonds is 5. The van der Waals surface area contributed by atoms with Gasteiger partial charge in [-0.1, -0.05) is 18.1 Å². The fourth-order valence-corrected chi connectivity index (χ4v) is 5.79. The number of benzene rings is 1. The molecule has 33 heavy (non-hydrogen) atoms. The Morgan fingerprint density at radius 1 is 1.12 bits per heavy atom. The van der Waals surface area contributed by atoms with E-state index in [4.69, 9.17) is 10.5 Å². The normalized spacial score (nSPS) is 15.5. The van der Waals surface area contributed by atoms with E-state index in [-0.39, 0.29) is 31.4 Å². The van der Waals surface area contributed by atoms with E-state index in [1.54, 1.807) is 29.5 Å². The average Bonchev–Trinajstić information content (AvgIpc) is 3.13. The molecule has 170 valence electrons. The molecule has 0 bridgehead atoms. The number of fused-ring (bicyclic) bond motifs is 4. The Balaban J connectivity index is 1.22. The van der Waals surface area contributed by atoms with Crippen molar-refractivity contribution in [1.82, 2.24) is 14.9 Å². The van der Waals surface area contributed by atoms with Gasteiger partial charge in [-0.05, 0) is 50.3 Å². The number of amides is 2. The van der Waals surface area contributed by atoms with Crippen LogP contribution < -0.4 is 5.73 Å². The SMILES string of the molecule is Cc1ccc2c(c1)C(=O)N(CCC(=O)OCc1nc(N)c3c4c(sc3n1)CCCCC4)C2=O. The van der Waals surface area contributed by atoms with Gasteiger partial charge < -0.3 is 10.5 Å². The van der Waals surface area contributed by atoms with Gasteiger partial charge >= 0.3 is 5.97 Å². The summed E-state index contributed by atoms with van der Waals surface area (Å²) in [6, 6.07) is 5.12. The van der Waals surface area contributed by atoms with Gasteiger partial charge in [0, 0.05) is 11.4 Å². The number of nitrogens with two attached hydrogens (primary N) is 1. The molecule has 2 aliphatic rings. The number of ether oxygens (including phenoxy) is 1. The van der Waals surface area contributed by atoms with Crippen LogP contribution in [0.3, 0.4) is 0 Å². The third kappa shape index (κ3) is 3.97. The smallest absolute Gasteiger partial charge is 0.308 e. The molecule has 0 unspecified atom stereocenters. The monoisotopic (exact) mass is 464 g/mol. The van der Waals surface area contributed by atoms with Gasteiger partial charge in [-0.2, -0.15) is 0 Å². The number of carbonyl (C=O) groups is 3. The van der Waals surface area contributed by atoms with Crippen LogP contribution in [-0.2, 0) is 29.0 Å². The molecule has 0 atom stereocenters. The van der Waals surface area contributed by atoms with Crippen LogP contribution in [0.2, 0.25) is 0 Å². The van der Waals surface area contributed by atoms with Crippen molar-refractivity contribution in [3.63, 3.8) is 0 Å². The summed E-state index contributed by atoms with van der Waals surface area (Å²) in [6.07, 6.45) is 5.47. The van der Waals surface area contributed by atoms with E-state index >= 15 is 0 Å². The van der Waals surface area contributed by atoms with Crippen LogP contribution in [0.1, 0.15) is 68.2 Å². The van der Waals surface area contributed by atoms with Crippen LogP contribution in [0.4, 0.5) is 5.82 Å². The van der Waals surface area contributed by atoms with Crippen molar-refractivity contribution >= 4 is 45.2 Å². The lowest BCUT2D eigenvalue weighted by Crippen LogP contribution is -2.32. The molecule has 0 fully saturated rings. The highest BCUT2D eigenvalue weighted by atomic mass is 32.1. The van der Waals surface area contributed by atoms with E-state index in [2.05, 4.69) is 9.97 Å². The lowest BCUT2D eigenvalue weighted by molar-refractivity contribution is -0.145. The lowest BCUT2D eigenvalue weighted by Gasteiger charge is -2.13. The predicted octanol–water partition coefficient (Wildman–Crippen LogP) is 3.58. The topological polar surface area (TPSA) is 115 Å². The minimum atomic E-state index is -0.535. The van der Waals surface area contributed by atoms with E-state index in [1.165, 1.54) is 23.3 Å². The van der Waals surface area contributed by atoms with Gasteiger partial charge in [-0.15, -0.1) is 11.3 Å². The molecule has 0 radical (unpaired) electrons. The van der Waals surface area contributed by atoms with Crippen molar-refractivity contribution in [3.8, 4) is 0 Å². The molecule has 2 N–H and O–H groups in total. The largest absolute Gasteiger partial charge is 0.457 e. The number of thiophene rings is 1. The second-order valence-electron chi connectivity index (χ2n) is 8.49. The highest BCUT2D eigenvalue weighted by Crippen LogP contribution is 2.37. The molecule has 0 saturated carbocycles. The second-order valence-corrected chi connectivity index (χ2v) is 9.57. The fourth-order valence-electron chi connectivity index (χ4n) is 4.50. The Morgan fingerprint density at radius 3 is 2.76 bits per heavy atom. The third-order valence-corrected chi connectivity index (χ3v) is 7.35. The van der Waals surface area contributed by atoms with Crippen molar-refractivity contribution < 1.29 is 19.1 Å². The summed E-state index contributed by atoms with van der Waals surface area (Å²) in [4.78, 5) is 49.5. The Morgan fingerprint density at radius 2 is 1.91 bits per heavy atom. The molecule has 5 rings (SSSR count). The van der Waals surface area contributed by atoms with Gasteiger partial charge in [0.2, 0.25) is 0 Å². The van der Waals surface area contributed by atoms with Gasteiger partial charge in [0.1, 0.15) is 10.6 Å². The average molecular weight is 465 g/mol. The Labute approximate surface area is 194 Å². The molecular weight excluding hydrogens is 440 g/mol. The van der Waals surface area contributed by atoms with Crippen LogP contribution in [-0.4, -0.2) is 39.2 Å². The number of nitrogen functional groups attached to an aromatic ring is 1. The molecule has 2 aromatic heterocycles. The number of aromatic nitrogens is 2. The molecule has 3 aromatic rings. The van der Waals surface area contributed by atoms with E-state index in [9.17, 15) is 14.4 Å². The summed E-state index contributed by atoms with van der Waals surface area (Å²) in [5, 5.41) is 0.938. The Hall–Kier alpha value is -3.33. The van der Waals surface area contributed by atoms with Crippen molar-refractivity contribution in [2.75, 3.05) is 12.3 Å². The maximum Gasteiger partial charge on any atom is 0.308 e. The summed E-state index contributed by atoms with van der Waals surface area (Å²) in [7, 11) is 0. The maximum atomic E-state index is 12.5. The summed E-state index contributed by atoms with van der Waals surface area (Å²) in [6.45, 7) is 1.71. The van der Waals surface area contributed by atoms with Crippen LogP contribution >= 0.6 is 11.3 Å². The highest BCUT2D eigenvalue weighted by Gasteiger charge is 2.35. The number of hydrogen-bond donors (Lipinski definition) is 1. The highest BCUT2D eigenvalue weighted by molar-refractivity contribution is 7.19. The van der Waals surface area contributed by atoms with Crippen LogP contribution in [0, 0.1) is 6.92 Å².